The Morgan fingerprint density at radius 3 is 2.79 bits per heavy atom. The molecule has 1 aliphatic rings. The first kappa shape index (κ1) is 21.7. The second kappa shape index (κ2) is 8.77. The molecule has 0 aromatic heterocycles. The van der Waals surface area contributed by atoms with Gasteiger partial charge in [0.25, 0.3) is 0 Å². The molecule has 1 atom stereocenters. The highest BCUT2D eigenvalue weighted by molar-refractivity contribution is 7.99. The summed E-state index contributed by atoms with van der Waals surface area (Å²) in [7, 11) is -3.73. The number of carbonyl (C=O) groups excluding carboxylic acids is 2. The molecular formula is C20H21ClN2O4S2. The van der Waals surface area contributed by atoms with Gasteiger partial charge in [-0.3, -0.25) is 9.59 Å². The monoisotopic (exact) mass is 452 g/mol. The van der Waals surface area contributed by atoms with E-state index in [9.17, 15) is 18.0 Å². The Morgan fingerprint density at radius 1 is 1.28 bits per heavy atom. The molecule has 2 amide bonds. The predicted octanol–water partition coefficient (Wildman–Crippen LogP) is 4.13. The van der Waals surface area contributed by atoms with Crippen LogP contribution < -0.4 is 10.6 Å². The van der Waals surface area contributed by atoms with E-state index in [0.29, 0.717) is 28.6 Å². The third kappa shape index (κ3) is 5.32. The molecule has 0 saturated carbocycles. The van der Waals surface area contributed by atoms with Crippen molar-refractivity contribution in [3.63, 3.8) is 0 Å². The van der Waals surface area contributed by atoms with Crippen LogP contribution in [0.15, 0.2) is 46.2 Å². The van der Waals surface area contributed by atoms with E-state index in [1.54, 1.807) is 31.2 Å². The normalized spacial score (nSPS) is 15.1. The highest BCUT2D eigenvalue weighted by atomic mass is 35.5. The van der Waals surface area contributed by atoms with Gasteiger partial charge in [-0.1, -0.05) is 24.6 Å². The number of fused-ring (bicyclic) bond motifs is 1. The Labute approximate surface area is 179 Å². The van der Waals surface area contributed by atoms with Gasteiger partial charge in [0.05, 0.1) is 16.3 Å². The van der Waals surface area contributed by atoms with E-state index in [2.05, 4.69) is 10.6 Å². The van der Waals surface area contributed by atoms with E-state index in [1.807, 2.05) is 6.92 Å². The first-order valence-electron chi connectivity index (χ1n) is 9.02. The smallest absolute Gasteiger partial charge is 0.228 e. The molecule has 3 rings (SSSR count). The average molecular weight is 453 g/mol. The second-order valence-corrected chi connectivity index (χ2v) is 10.5. The van der Waals surface area contributed by atoms with Crippen molar-refractivity contribution < 1.29 is 18.0 Å². The Bertz CT molecular complexity index is 1070. The average Bonchev–Trinajstić information content (AvgIpc) is 2.84. The molecule has 9 heteroatoms. The molecule has 0 saturated heterocycles. The number of aryl methyl sites for hydroxylation is 1. The van der Waals surface area contributed by atoms with Gasteiger partial charge in [-0.15, -0.1) is 11.8 Å². The van der Waals surface area contributed by atoms with E-state index in [4.69, 9.17) is 11.6 Å². The Morgan fingerprint density at radius 2 is 2.03 bits per heavy atom. The first-order valence-corrected chi connectivity index (χ1v) is 12.0. The number of halogens is 1. The van der Waals surface area contributed by atoms with Crippen LogP contribution in [0, 0.1) is 12.8 Å². The fourth-order valence-electron chi connectivity index (χ4n) is 2.88. The van der Waals surface area contributed by atoms with Gasteiger partial charge < -0.3 is 10.6 Å². The quantitative estimate of drug-likeness (QED) is 0.711. The number of rotatable bonds is 5. The van der Waals surface area contributed by atoms with E-state index >= 15 is 0 Å². The maximum absolute atomic E-state index is 12.9. The summed E-state index contributed by atoms with van der Waals surface area (Å²) in [4.78, 5) is 25.2. The standard InChI is InChI=1S/C20H21ClN2O4S2/c1-12-3-4-14(21)9-16(12)23-20(25)13(2)11-29(26,27)15-5-6-18-17(10-15)22-19(24)7-8-28-18/h3-6,9-10,13H,7-8,11H2,1-2H3,(H,22,24)(H,23,25)/t13-/m0/s1. The second-order valence-electron chi connectivity index (χ2n) is 6.94. The summed E-state index contributed by atoms with van der Waals surface area (Å²) in [6, 6.07) is 9.80. The van der Waals surface area contributed by atoms with Gasteiger partial charge in [0.2, 0.25) is 11.8 Å². The Balaban J connectivity index is 1.75. The summed E-state index contributed by atoms with van der Waals surface area (Å²) < 4.78 is 25.7. The molecule has 0 spiro atoms. The lowest BCUT2D eigenvalue weighted by Crippen LogP contribution is -2.27. The molecule has 29 heavy (non-hydrogen) atoms. The number of hydrogen-bond acceptors (Lipinski definition) is 5. The summed E-state index contributed by atoms with van der Waals surface area (Å²) in [6.07, 6.45) is 0.377. The van der Waals surface area contributed by atoms with E-state index in [0.717, 1.165) is 10.5 Å². The van der Waals surface area contributed by atoms with Crippen LogP contribution in [0.5, 0.6) is 0 Å². The van der Waals surface area contributed by atoms with Crippen LogP contribution in [0.4, 0.5) is 11.4 Å². The topological polar surface area (TPSA) is 92.3 Å². The SMILES string of the molecule is Cc1ccc(Cl)cc1NC(=O)[C@@H](C)CS(=O)(=O)c1ccc2c(c1)NC(=O)CCS2. The van der Waals surface area contributed by atoms with Gasteiger partial charge in [-0.25, -0.2) is 8.42 Å². The van der Waals surface area contributed by atoms with Gasteiger partial charge in [0.15, 0.2) is 9.84 Å². The highest BCUT2D eigenvalue weighted by Crippen LogP contribution is 2.33. The van der Waals surface area contributed by atoms with E-state index in [1.165, 1.54) is 23.9 Å². The summed E-state index contributed by atoms with van der Waals surface area (Å²) >= 11 is 7.47. The fourth-order valence-corrected chi connectivity index (χ4v) is 5.56. The first-order chi connectivity index (χ1) is 13.7. The largest absolute Gasteiger partial charge is 0.326 e. The highest BCUT2D eigenvalue weighted by Gasteiger charge is 2.25. The van der Waals surface area contributed by atoms with Crippen LogP contribution in [-0.4, -0.2) is 31.7 Å². The fraction of sp³-hybridized carbons (Fsp3) is 0.300. The van der Waals surface area contributed by atoms with Gasteiger partial charge in [-0.2, -0.15) is 0 Å². The number of hydrogen-bond donors (Lipinski definition) is 2. The zero-order valence-electron chi connectivity index (χ0n) is 16.0. The molecule has 0 fully saturated rings. The molecule has 2 aromatic carbocycles. The van der Waals surface area contributed by atoms with Gasteiger partial charge in [-0.05, 0) is 42.8 Å². The maximum Gasteiger partial charge on any atom is 0.228 e. The molecular weight excluding hydrogens is 432 g/mol. The minimum Gasteiger partial charge on any atom is -0.326 e. The number of thioether (sulfide) groups is 1. The number of anilines is 2. The summed E-state index contributed by atoms with van der Waals surface area (Å²) in [5, 5.41) is 5.96. The molecule has 6 nitrogen and oxygen atoms in total. The number of sulfone groups is 1. The Hall–Kier alpha value is -2.03. The minimum absolute atomic E-state index is 0.0811. The van der Waals surface area contributed by atoms with Crippen LogP contribution in [0.3, 0.4) is 0 Å². The molecule has 0 aliphatic carbocycles. The van der Waals surface area contributed by atoms with E-state index < -0.39 is 21.7 Å². The Kier molecular flexibility index (Phi) is 6.55. The minimum atomic E-state index is -3.73. The van der Waals surface area contributed by atoms with Crippen LogP contribution >= 0.6 is 23.4 Å². The molecule has 1 aliphatic heterocycles. The lowest BCUT2D eigenvalue weighted by molar-refractivity contribution is -0.119. The van der Waals surface area contributed by atoms with Crippen LogP contribution in [-0.2, 0) is 19.4 Å². The van der Waals surface area contributed by atoms with Crippen molar-refractivity contribution in [1.82, 2.24) is 0 Å². The van der Waals surface area contributed by atoms with Gasteiger partial charge in [0, 0.05) is 33.7 Å². The third-order valence-corrected chi connectivity index (χ3v) is 7.77. The molecule has 1 heterocycles. The summed E-state index contributed by atoms with van der Waals surface area (Å²) in [6.45, 7) is 3.39. The van der Waals surface area contributed by atoms with Crippen molar-refractivity contribution in [2.75, 3.05) is 22.1 Å². The third-order valence-electron chi connectivity index (χ3n) is 4.55. The summed E-state index contributed by atoms with van der Waals surface area (Å²) in [5.74, 6) is -1.03. The molecule has 0 radical (unpaired) electrons. The molecule has 2 N–H and O–H groups in total. The number of nitrogens with one attached hydrogen (secondary N) is 2. The van der Waals surface area contributed by atoms with Crippen LogP contribution in [0.25, 0.3) is 0 Å². The van der Waals surface area contributed by atoms with Crippen LogP contribution in [0.2, 0.25) is 5.02 Å². The molecule has 0 bridgehead atoms. The van der Waals surface area contributed by atoms with Crippen LogP contribution in [0.1, 0.15) is 18.9 Å². The number of amides is 2. The van der Waals surface area contributed by atoms with Crippen molar-refractivity contribution in [3.8, 4) is 0 Å². The number of benzene rings is 2. The zero-order chi connectivity index (χ0) is 21.2. The van der Waals surface area contributed by atoms with E-state index in [-0.39, 0.29) is 16.6 Å². The van der Waals surface area contributed by atoms with Crippen molar-refractivity contribution in [1.29, 1.82) is 0 Å². The lowest BCUT2D eigenvalue weighted by atomic mass is 10.1. The van der Waals surface area contributed by atoms with Gasteiger partial charge >= 0.3 is 0 Å². The van der Waals surface area contributed by atoms with Crippen molar-refractivity contribution in [3.05, 3.63) is 47.0 Å². The predicted molar refractivity (Wildman–Crippen MR) is 116 cm³/mol. The molecule has 0 unspecified atom stereocenters. The van der Waals surface area contributed by atoms with Crippen molar-refractivity contribution >= 4 is 56.4 Å². The zero-order valence-corrected chi connectivity index (χ0v) is 18.4. The number of carbonyl (C=O) groups is 2. The summed E-state index contributed by atoms with van der Waals surface area (Å²) in [5.41, 5.74) is 1.87. The van der Waals surface area contributed by atoms with Crippen molar-refractivity contribution in [2.24, 2.45) is 5.92 Å². The molecule has 2 aromatic rings. The lowest BCUT2D eigenvalue weighted by Gasteiger charge is -2.15. The van der Waals surface area contributed by atoms with Gasteiger partial charge in [0.1, 0.15) is 0 Å². The maximum atomic E-state index is 12.9. The molecule has 154 valence electrons. The van der Waals surface area contributed by atoms with Crippen molar-refractivity contribution in [2.45, 2.75) is 30.1 Å².